The van der Waals surface area contributed by atoms with Gasteiger partial charge in [-0.1, -0.05) is 11.8 Å². The summed E-state index contributed by atoms with van der Waals surface area (Å²) in [5.74, 6) is -1.45. The molecular formula is C13H17N6NaO5S2. The summed E-state index contributed by atoms with van der Waals surface area (Å²) < 4.78 is 26.6. The first-order valence-electron chi connectivity index (χ1n) is 7.80. The van der Waals surface area contributed by atoms with Gasteiger partial charge in [0, 0.05) is 19.3 Å². The van der Waals surface area contributed by atoms with Crippen LogP contribution < -0.4 is 0 Å². The second kappa shape index (κ2) is 7.12. The number of β-lactam (4-membered cyclic amide) rings is 1. The molecule has 3 atom stereocenters. The molecule has 11 nitrogen and oxygen atoms in total. The number of carbonyl (C=O) groups excluding carboxylic acids is 1. The van der Waals surface area contributed by atoms with Crippen LogP contribution in [0.5, 0.6) is 0 Å². The fourth-order valence-corrected chi connectivity index (χ4v) is 5.92. The van der Waals surface area contributed by atoms with Crippen LogP contribution in [0.4, 0.5) is 0 Å². The molecule has 0 unspecified atom stereocenters. The van der Waals surface area contributed by atoms with Crippen molar-refractivity contribution in [3.63, 3.8) is 0 Å². The summed E-state index contributed by atoms with van der Waals surface area (Å²) in [6.45, 7) is 0.225. The number of carboxylic acid groups (broad SMARTS) is 1. The number of tetrazole rings is 1. The molecule has 0 aliphatic carbocycles. The number of thioether (sulfide) groups is 1. The number of hydrogen-bond donors (Lipinski definition) is 1. The zero-order valence-electron chi connectivity index (χ0n) is 13.9. The molecule has 0 radical (unpaired) electrons. The molecule has 0 aromatic carbocycles. The fourth-order valence-electron chi connectivity index (χ4n) is 3.96. The summed E-state index contributed by atoms with van der Waals surface area (Å²) in [7, 11) is -1.85. The van der Waals surface area contributed by atoms with Crippen molar-refractivity contribution < 1.29 is 23.1 Å². The average Bonchev–Trinajstić information content (AvgIpc) is 3.12. The Morgan fingerprint density at radius 2 is 2.11 bits per heavy atom. The predicted octanol–water partition coefficient (Wildman–Crippen LogP) is -2.13. The molecule has 0 bridgehead atoms. The molecule has 3 aliphatic heterocycles. The number of carboxylic acids is 1. The number of aliphatic carboxylic acids is 1. The first-order valence-corrected chi connectivity index (χ1v) is 10.6. The van der Waals surface area contributed by atoms with E-state index in [0.29, 0.717) is 22.9 Å². The van der Waals surface area contributed by atoms with E-state index in [1.807, 2.05) is 0 Å². The molecule has 2 saturated heterocycles. The van der Waals surface area contributed by atoms with Gasteiger partial charge in [-0.05, 0) is 28.3 Å². The number of carbonyl (C=O) groups is 2. The Labute approximate surface area is 181 Å². The maximum absolute atomic E-state index is 12.5. The topological polar surface area (TPSA) is 139 Å². The van der Waals surface area contributed by atoms with E-state index >= 15 is 0 Å². The van der Waals surface area contributed by atoms with Crippen molar-refractivity contribution in [3.8, 4) is 0 Å². The van der Waals surface area contributed by atoms with Crippen LogP contribution in [0, 0.1) is 5.92 Å². The summed E-state index contributed by atoms with van der Waals surface area (Å²) in [5.41, 5.74) is 0.555. The van der Waals surface area contributed by atoms with E-state index in [2.05, 4.69) is 15.5 Å². The van der Waals surface area contributed by atoms with Gasteiger partial charge in [0.1, 0.15) is 11.7 Å². The summed E-state index contributed by atoms with van der Waals surface area (Å²) in [6, 6.07) is -1.17. The van der Waals surface area contributed by atoms with Crippen LogP contribution in [0.1, 0.15) is 6.42 Å². The molecular weight excluding hydrogens is 407 g/mol. The molecule has 0 saturated carbocycles. The van der Waals surface area contributed by atoms with Crippen LogP contribution in [0.2, 0.25) is 0 Å². The SMILES string of the molecule is Cn1nnnc1SCC1=C(C(=O)O)N2C(=O)[C@@H]3[C@H]2[C@H](C1)CN3S(C)(=O)=O.[NaH]. The number of amides is 1. The first-order chi connectivity index (χ1) is 12.2. The van der Waals surface area contributed by atoms with Crippen molar-refractivity contribution in [1.29, 1.82) is 0 Å². The second-order valence-electron chi connectivity index (χ2n) is 6.57. The van der Waals surface area contributed by atoms with E-state index in [4.69, 9.17) is 0 Å². The standard InChI is InChI=1S/C13H16N6O5S2.Na.H/c1-17-13(14-15-16-17)25-5-7-3-6-4-18(26(2,23)24)10-8(6)19(11(10)20)9(7)12(21)22;;/h6,8,10H,3-5H2,1-2H3,(H,21,22);;/t6-,8-,10+;;/m1../s1. The Kier molecular flexibility index (Phi) is 5.47. The zero-order valence-corrected chi connectivity index (χ0v) is 15.6. The number of aromatic nitrogens is 4. The number of rotatable bonds is 5. The second-order valence-corrected chi connectivity index (χ2v) is 9.45. The van der Waals surface area contributed by atoms with Crippen LogP contribution >= 0.6 is 11.8 Å². The molecule has 142 valence electrons. The molecule has 4 rings (SSSR count). The molecule has 4 heterocycles. The molecule has 0 spiro atoms. The third-order valence-corrected chi connectivity index (χ3v) is 7.31. The normalized spacial score (nSPS) is 27.3. The molecule has 3 aliphatic rings. The van der Waals surface area contributed by atoms with Gasteiger partial charge in [-0.15, -0.1) is 5.10 Å². The molecule has 2 fully saturated rings. The number of nitrogens with zero attached hydrogens (tertiary/aromatic N) is 6. The van der Waals surface area contributed by atoms with E-state index in [1.54, 1.807) is 7.05 Å². The minimum absolute atomic E-state index is 0. The van der Waals surface area contributed by atoms with Gasteiger partial charge in [-0.3, -0.25) is 9.69 Å². The molecule has 1 amide bonds. The number of hydrogen-bond acceptors (Lipinski definition) is 8. The van der Waals surface area contributed by atoms with E-state index < -0.39 is 34.0 Å². The van der Waals surface area contributed by atoms with Gasteiger partial charge in [0.05, 0.1) is 12.3 Å². The van der Waals surface area contributed by atoms with E-state index in [0.717, 1.165) is 6.26 Å². The van der Waals surface area contributed by atoms with Gasteiger partial charge in [-0.2, -0.15) is 4.31 Å². The van der Waals surface area contributed by atoms with Crippen molar-refractivity contribution in [1.82, 2.24) is 29.4 Å². The Hall–Kier alpha value is -0.990. The van der Waals surface area contributed by atoms with Crippen molar-refractivity contribution in [2.75, 3.05) is 18.6 Å². The summed E-state index contributed by atoms with van der Waals surface area (Å²) in [6.07, 6.45) is 1.50. The molecule has 27 heavy (non-hydrogen) atoms. The van der Waals surface area contributed by atoms with Crippen LogP contribution in [0.25, 0.3) is 0 Å². The van der Waals surface area contributed by atoms with Crippen molar-refractivity contribution in [2.45, 2.75) is 23.7 Å². The van der Waals surface area contributed by atoms with Crippen LogP contribution in [0.15, 0.2) is 16.4 Å². The van der Waals surface area contributed by atoms with Crippen LogP contribution in [-0.4, -0.2) is 115 Å². The van der Waals surface area contributed by atoms with Gasteiger partial charge in [0.15, 0.2) is 0 Å². The van der Waals surface area contributed by atoms with E-state index in [1.165, 1.54) is 25.6 Å². The zero-order chi connectivity index (χ0) is 18.8. The minimum atomic E-state index is -3.53. The Bertz CT molecular complexity index is 947. The van der Waals surface area contributed by atoms with Gasteiger partial charge in [0.2, 0.25) is 21.1 Å². The third kappa shape index (κ3) is 3.23. The predicted molar refractivity (Wildman–Crippen MR) is 95.4 cm³/mol. The molecule has 1 aromatic heterocycles. The summed E-state index contributed by atoms with van der Waals surface area (Å²) in [5, 5.41) is 21.3. The molecule has 14 heteroatoms. The van der Waals surface area contributed by atoms with Crippen molar-refractivity contribution >= 4 is 63.2 Å². The van der Waals surface area contributed by atoms with Gasteiger partial charge >= 0.3 is 35.5 Å². The third-order valence-electron chi connectivity index (χ3n) is 4.99. The molecule has 1 aromatic rings. The van der Waals surface area contributed by atoms with Crippen LogP contribution in [-0.2, 0) is 26.7 Å². The van der Waals surface area contributed by atoms with Gasteiger partial charge in [-0.25, -0.2) is 17.9 Å². The first kappa shape index (κ1) is 20.7. The number of sulfonamides is 1. The fraction of sp³-hybridized carbons (Fsp3) is 0.615. The number of aryl methyl sites for hydroxylation is 1. The van der Waals surface area contributed by atoms with Crippen molar-refractivity contribution in [3.05, 3.63) is 11.3 Å². The average molecular weight is 424 g/mol. The Morgan fingerprint density at radius 3 is 2.67 bits per heavy atom. The van der Waals surface area contributed by atoms with E-state index in [9.17, 15) is 23.1 Å². The quantitative estimate of drug-likeness (QED) is 0.319. The van der Waals surface area contributed by atoms with Crippen molar-refractivity contribution in [2.24, 2.45) is 13.0 Å². The van der Waals surface area contributed by atoms with Crippen LogP contribution in [0.3, 0.4) is 0 Å². The van der Waals surface area contributed by atoms with E-state index in [-0.39, 0.29) is 47.7 Å². The van der Waals surface area contributed by atoms with Gasteiger partial charge in [0.25, 0.3) is 0 Å². The monoisotopic (exact) mass is 424 g/mol. The Morgan fingerprint density at radius 1 is 1.41 bits per heavy atom. The van der Waals surface area contributed by atoms with Gasteiger partial charge < -0.3 is 5.11 Å². The Balaban J connectivity index is 0.00000210. The molecule has 1 N–H and O–H groups in total. The summed E-state index contributed by atoms with van der Waals surface area (Å²) in [4.78, 5) is 25.6. The maximum atomic E-state index is 12.5. The summed E-state index contributed by atoms with van der Waals surface area (Å²) >= 11 is 1.28.